The molecule has 0 unspecified atom stereocenters. The second kappa shape index (κ2) is 6.10. The molecule has 0 spiro atoms. The Morgan fingerprint density at radius 2 is 1.85 bits per heavy atom. The molecule has 0 aliphatic heterocycles. The van der Waals surface area contributed by atoms with Gasteiger partial charge in [-0.3, -0.25) is 4.79 Å². The summed E-state index contributed by atoms with van der Waals surface area (Å²) in [6, 6.07) is 13.2. The third-order valence-corrected chi connectivity index (χ3v) is 2.98. The number of anilines is 3. The summed E-state index contributed by atoms with van der Waals surface area (Å²) in [5.41, 5.74) is 10.0. The molecule has 2 rings (SSSR count). The molecule has 1 amide bonds. The van der Waals surface area contributed by atoms with Gasteiger partial charge in [0, 0.05) is 17.8 Å². The van der Waals surface area contributed by atoms with Gasteiger partial charge in [0.05, 0.1) is 11.4 Å². The molecule has 4 nitrogen and oxygen atoms in total. The molecule has 104 valence electrons. The summed E-state index contributed by atoms with van der Waals surface area (Å²) in [6.45, 7) is 4.53. The lowest BCUT2D eigenvalue weighted by molar-refractivity contribution is 0.0956. The highest BCUT2D eigenvalue weighted by atomic mass is 16.1. The van der Waals surface area contributed by atoms with Crippen molar-refractivity contribution in [3.63, 3.8) is 0 Å². The summed E-state index contributed by atoms with van der Waals surface area (Å²) in [4.78, 5) is 11.8. The van der Waals surface area contributed by atoms with Crippen molar-refractivity contribution in [1.29, 1.82) is 0 Å². The number of nitrogens with two attached hydrogens (primary N) is 1. The first-order valence-electron chi connectivity index (χ1n) is 6.61. The van der Waals surface area contributed by atoms with E-state index in [0.29, 0.717) is 17.8 Å². The second-order valence-corrected chi connectivity index (χ2v) is 4.65. The van der Waals surface area contributed by atoms with Crippen LogP contribution in [0.2, 0.25) is 0 Å². The van der Waals surface area contributed by atoms with Gasteiger partial charge in [-0.25, -0.2) is 0 Å². The fourth-order valence-electron chi connectivity index (χ4n) is 1.86. The minimum absolute atomic E-state index is 0.0977. The van der Waals surface area contributed by atoms with Crippen molar-refractivity contribution >= 4 is 23.0 Å². The number of carbonyl (C=O) groups excluding carboxylic acids is 1. The molecule has 0 atom stereocenters. The maximum absolute atomic E-state index is 11.8. The summed E-state index contributed by atoms with van der Waals surface area (Å²) >= 11 is 0. The van der Waals surface area contributed by atoms with Crippen LogP contribution in [0.15, 0.2) is 42.5 Å². The molecule has 0 saturated heterocycles. The summed E-state index contributed by atoms with van der Waals surface area (Å²) in [7, 11) is 0. The Morgan fingerprint density at radius 1 is 1.15 bits per heavy atom. The fourth-order valence-corrected chi connectivity index (χ4v) is 1.86. The van der Waals surface area contributed by atoms with Crippen LogP contribution >= 0.6 is 0 Å². The molecule has 0 radical (unpaired) electrons. The van der Waals surface area contributed by atoms with Crippen LogP contribution in [-0.2, 0) is 0 Å². The normalized spacial score (nSPS) is 10.1. The van der Waals surface area contributed by atoms with Gasteiger partial charge in [0.25, 0.3) is 5.91 Å². The summed E-state index contributed by atoms with van der Waals surface area (Å²) in [5, 5.41) is 6.00. The standard InChI is InChI=1S/C16H19N3O/c1-3-18-16(20)12-6-9-14(17)15(10-12)19-13-7-4-11(2)5-8-13/h4-10,19H,3,17H2,1-2H3,(H,18,20). The average molecular weight is 269 g/mol. The highest BCUT2D eigenvalue weighted by Crippen LogP contribution is 2.24. The van der Waals surface area contributed by atoms with E-state index < -0.39 is 0 Å². The van der Waals surface area contributed by atoms with Gasteiger partial charge in [-0.15, -0.1) is 0 Å². The zero-order chi connectivity index (χ0) is 14.5. The van der Waals surface area contributed by atoms with Crippen molar-refractivity contribution in [2.75, 3.05) is 17.6 Å². The lowest BCUT2D eigenvalue weighted by Crippen LogP contribution is -2.22. The van der Waals surface area contributed by atoms with Crippen LogP contribution in [0.5, 0.6) is 0 Å². The third kappa shape index (κ3) is 3.29. The van der Waals surface area contributed by atoms with Crippen LogP contribution in [0.1, 0.15) is 22.8 Å². The van der Waals surface area contributed by atoms with Crippen LogP contribution in [0.3, 0.4) is 0 Å². The van der Waals surface area contributed by atoms with E-state index in [4.69, 9.17) is 5.73 Å². The quantitative estimate of drug-likeness (QED) is 0.747. The van der Waals surface area contributed by atoms with E-state index in [1.165, 1.54) is 5.56 Å². The van der Waals surface area contributed by atoms with Crippen molar-refractivity contribution in [3.8, 4) is 0 Å². The Kier molecular flexibility index (Phi) is 4.25. The van der Waals surface area contributed by atoms with Crippen molar-refractivity contribution in [2.45, 2.75) is 13.8 Å². The number of aryl methyl sites for hydroxylation is 1. The van der Waals surface area contributed by atoms with Crippen molar-refractivity contribution in [2.24, 2.45) is 0 Å². The van der Waals surface area contributed by atoms with E-state index in [1.807, 2.05) is 38.1 Å². The lowest BCUT2D eigenvalue weighted by Gasteiger charge is -2.11. The van der Waals surface area contributed by atoms with Gasteiger partial charge in [0.1, 0.15) is 0 Å². The van der Waals surface area contributed by atoms with E-state index in [1.54, 1.807) is 18.2 Å². The third-order valence-electron chi connectivity index (χ3n) is 2.98. The molecule has 0 bridgehead atoms. The van der Waals surface area contributed by atoms with Crippen LogP contribution in [-0.4, -0.2) is 12.5 Å². The van der Waals surface area contributed by atoms with Crippen molar-refractivity contribution < 1.29 is 4.79 Å². The summed E-state index contributed by atoms with van der Waals surface area (Å²) < 4.78 is 0. The van der Waals surface area contributed by atoms with E-state index in [-0.39, 0.29) is 5.91 Å². The Balaban J connectivity index is 2.24. The largest absolute Gasteiger partial charge is 0.397 e. The number of hydrogen-bond acceptors (Lipinski definition) is 3. The average Bonchev–Trinajstić information content (AvgIpc) is 2.44. The van der Waals surface area contributed by atoms with Crippen molar-refractivity contribution in [3.05, 3.63) is 53.6 Å². The van der Waals surface area contributed by atoms with Gasteiger partial charge < -0.3 is 16.4 Å². The fraction of sp³-hybridized carbons (Fsp3) is 0.188. The topological polar surface area (TPSA) is 67.2 Å². The van der Waals surface area contributed by atoms with Crippen LogP contribution in [0.4, 0.5) is 17.1 Å². The number of nitrogens with one attached hydrogen (secondary N) is 2. The number of rotatable bonds is 4. The van der Waals surface area contributed by atoms with Gasteiger partial charge in [0.15, 0.2) is 0 Å². The van der Waals surface area contributed by atoms with E-state index in [0.717, 1.165) is 11.4 Å². The van der Waals surface area contributed by atoms with Gasteiger partial charge in [0.2, 0.25) is 0 Å². The van der Waals surface area contributed by atoms with E-state index >= 15 is 0 Å². The maximum Gasteiger partial charge on any atom is 0.251 e. The molecule has 0 fully saturated rings. The Morgan fingerprint density at radius 3 is 2.50 bits per heavy atom. The molecule has 2 aromatic rings. The SMILES string of the molecule is CCNC(=O)c1ccc(N)c(Nc2ccc(C)cc2)c1. The minimum atomic E-state index is -0.0977. The predicted molar refractivity (Wildman–Crippen MR) is 83.3 cm³/mol. The zero-order valence-electron chi connectivity index (χ0n) is 11.7. The van der Waals surface area contributed by atoms with Gasteiger partial charge in [-0.1, -0.05) is 17.7 Å². The first kappa shape index (κ1) is 13.9. The van der Waals surface area contributed by atoms with Crippen LogP contribution in [0, 0.1) is 6.92 Å². The molecular weight excluding hydrogens is 250 g/mol. The lowest BCUT2D eigenvalue weighted by atomic mass is 10.1. The summed E-state index contributed by atoms with van der Waals surface area (Å²) in [5.74, 6) is -0.0977. The van der Waals surface area contributed by atoms with E-state index in [9.17, 15) is 4.79 Å². The highest BCUT2D eigenvalue weighted by molar-refractivity contribution is 5.96. The molecule has 0 aromatic heterocycles. The monoisotopic (exact) mass is 269 g/mol. The second-order valence-electron chi connectivity index (χ2n) is 4.65. The Hall–Kier alpha value is -2.49. The first-order valence-corrected chi connectivity index (χ1v) is 6.61. The number of hydrogen-bond donors (Lipinski definition) is 3. The van der Waals surface area contributed by atoms with Gasteiger partial charge in [-0.05, 0) is 44.2 Å². The molecule has 0 aliphatic rings. The van der Waals surface area contributed by atoms with Gasteiger partial charge >= 0.3 is 0 Å². The molecule has 0 aliphatic carbocycles. The molecule has 4 N–H and O–H groups in total. The van der Waals surface area contributed by atoms with E-state index in [2.05, 4.69) is 10.6 Å². The Labute approximate surface area is 119 Å². The molecule has 2 aromatic carbocycles. The summed E-state index contributed by atoms with van der Waals surface area (Å²) in [6.07, 6.45) is 0. The van der Waals surface area contributed by atoms with Crippen LogP contribution < -0.4 is 16.4 Å². The molecule has 0 heterocycles. The number of benzene rings is 2. The molecule has 4 heteroatoms. The van der Waals surface area contributed by atoms with Crippen molar-refractivity contribution in [1.82, 2.24) is 5.32 Å². The first-order chi connectivity index (χ1) is 9.60. The highest BCUT2D eigenvalue weighted by Gasteiger charge is 2.07. The Bertz CT molecular complexity index is 606. The maximum atomic E-state index is 11.8. The van der Waals surface area contributed by atoms with Crippen LogP contribution in [0.25, 0.3) is 0 Å². The van der Waals surface area contributed by atoms with Gasteiger partial charge in [-0.2, -0.15) is 0 Å². The predicted octanol–water partition coefficient (Wildman–Crippen LogP) is 3.07. The number of nitrogen functional groups attached to an aromatic ring is 1. The number of carbonyl (C=O) groups is 1. The molecule has 20 heavy (non-hydrogen) atoms. The molecular formula is C16H19N3O. The number of amides is 1. The smallest absolute Gasteiger partial charge is 0.251 e. The zero-order valence-corrected chi connectivity index (χ0v) is 11.7. The minimum Gasteiger partial charge on any atom is -0.397 e. The molecule has 0 saturated carbocycles.